The summed E-state index contributed by atoms with van der Waals surface area (Å²) in [7, 11) is 0. The Morgan fingerprint density at radius 2 is 2.08 bits per heavy atom. The van der Waals surface area contributed by atoms with Gasteiger partial charge in [0.2, 0.25) is 0 Å². The van der Waals surface area contributed by atoms with Crippen molar-refractivity contribution in [3.63, 3.8) is 0 Å². The lowest BCUT2D eigenvalue weighted by molar-refractivity contribution is -0.171. The molecule has 0 radical (unpaired) electrons. The van der Waals surface area contributed by atoms with Gasteiger partial charge in [0.1, 0.15) is 11.2 Å². The fraction of sp³-hybridized carbons (Fsp3) is 0.600. The molecule has 1 fully saturated rings. The number of hydrogen-bond acceptors (Lipinski definition) is 4. The van der Waals surface area contributed by atoms with Gasteiger partial charge >= 0.3 is 12.1 Å². The van der Waals surface area contributed by atoms with Crippen LogP contribution in [0.2, 0.25) is 0 Å². The number of likely N-dealkylation sites (tertiary alicyclic amines) is 1. The smallest absolute Gasteiger partial charge is 0.410 e. The number of ether oxygens (including phenoxy) is 2. The lowest BCUT2D eigenvalue weighted by Crippen LogP contribution is -2.54. The van der Waals surface area contributed by atoms with Crippen molar-refractivity contribution in [2.45, 2.75) is 71.1 Å². The van der Waals surface area contributed by atoms with Gasteiger partial charge in [0.15, 0.2) is 0 Å². The van der Waals surface area contributed by atoms with Crippen LogP contribution >= 0.6 is 0 Å². The van der Waals surface area contributed by atoms with Gasteiger partial charge in [-0.05, 0) is 45.7 Å². The second kappa shape index (κ2) is 6.04. The highest BCUT2D eigenvalue weighted by molar-refractivity contribution is 5.76. The molecule has 2 atom stereocenters. The second-order valence-electron chi connectivity index (χ2n) is 8.28. The number of fused-ring (bicyclic) bond motifs is 2. The van der Waals surface area contributed by atoms with E-state index in [2.05, 4.69) is 6.07 Å². The molecule has 1 aromatic rings. The Hall–Kier alpha value is -2.04. The maximum absolute atomic E-state index is 12.5. The Morgan fingerprint density at radius 1 is 1.36 bits per heavy atom. The predicted molar refractivity (Wildman–Crippen MR) is 94.3 cm³/mol. The number of hydrogen-bond donors (Lipinski definition) is 0. The van der Waals surface area contributed by atoms with Crippen molar-refractivity contribution in [3.8, 4) is 0 Å². The number of carbonyl (C=O) groups is 2. The van der Waals surface area contributed by atoms with Gasteiger partial charge in [-0.25, -0.2) is 4.79 Å². The highest BCUT2D eigenvalue weighted by Crippen LogP contribution is 2.44. The maximum Gasteiger partial charge on any atom is 0.410 e. The third-order valence-electron chi connectivity index (χ3n) is 4.94. The van der Waals surface area contributed by atoms with Crippen molar-refractivity contribution in [1.29, 1.82) is 0 Å². The van der Waals surface area contributed by atoms with E-state index in [4.69, 9.17) is 9.47 Å². The summed E-state index contributed by atoms with van der Waals surface area (Å²) in [5.74, 6) is -0.186. The first-order chi connectivity index (χ1) is 11.6. The molecule has 2 unspecified atom stereocenters. The molecule has 1 spiro atoms. The van der Waals surface area contributed by atoms with Crippen LogP contribution in [0.5, 0.6) is 0 Å². The Labute approximate surface area is 149 Å². The van der Waals surface area contributed by atoms with Crippen LogP contribution in [0, 0.1) is 6.92 Å². The summed E-state index contributed by atoms with van der Waals surface area (Å²) in [6, 6.07) is 6.11. The SMILES string of the molecule is Cc1ccc2c(c1)C1(CCN(C(=O)OC(C)(C)C)C(C)C1)OC(=O)C2. The number of benzene rings is 1. The molecule has 2 aliphatic rings. The molecule has 25 heavy (non-hydrogen) atoms. The third kappa shape index (κ3) is 3.51. The van der Waals surface area contributed by atoms with E-state index in [1.807, 2.05) is 46.8 Å². The maximum atomic E-state index is 12.5. The quantitative estimate of drug-likeness (QED) is 0.673. The van der Waals surface area contributed by atoms with Gasteiger partial charge in [-0.3, -0.25) is 4.79 Å². The van der Waals surface area contributed by atoms with Gasteiger partial charge in [-0.15, -0.1) is 0 Å². The Morgan fingerprint density at radius 3 is 2.72 bits per heavy atom. The standard InChI is InChI=1S/C20H27NO4/c1-13-6-7-15-11-17(22)24-20(16(15)10-13)8-9-21(14(2)12-20)18(23)25-19(3,4)5/h6-7,10,14H,8-9,11-12H2,1-5H3. The molecule has 0 aromatic heterocycles. The Balaban J connectivity index is 1.86. The van der Waals surface area contributed by atoms with Crippen molar-refractivity contribution in [1.82, 2.24) is 4.90 Å². The first-order valence-electron chi connectivity index (χ1n) is 8.91. The lowest BCUT2D eigenvalue weighted by atomic mass is 9.76. The summed E-state index contributed by atoms with van der Waals surface area (Å²) in [6.45, 7) is 10.1. The van der Waals surface area contributed by atoms with Gasteiger partial charge < -0.3 is 14.4 Å². The molecule has 2 heterocycles. The van der Waals surface area contributed by atoms with Crippen LogP contribution in [0.3, 0.4) is 0 Å². The van der Waals surface area contributed by atoms with Crippen LogP contribution in [0.15, 0.2) is 18.2 Å². The Bertz CT molecular complexity index is 706. The highest BCUT2D eigenvalue weighted by atomic mass is 16.6. The van der Waals surface area contributed by atoms with E-state index in [1.54, 1.807) is 4.90 Å². The number of carbonyl (C=O) groups excluding carboxylic acids is 2. The van der Waals surface area contributed by atoms with Crippen molar-refractivity contribution in [2.24, 2.45) is 0 Å². The summed E-state index contributed by atoms with van der Waals surface area (Å²) in [6.07, 6.45) is 1.20. The van der Waals surface area contributed by atoms with E-state index < -0.39 is 11.2 Å². The minimum atomic E-state index is -0.630. The van der Waals surface area contributed by atoms with Gasteiger partial charge in [-0.2, -0.15) is 0 Å². The number of amides is 1. The minimum Gasteiger partial charge on any atom is -0.454 e. The van der Waals surface area contributed by atoms with Gasteiger partial charge in [0, 0.05) is 25.4 Å². The molecule has 0 saturated carbocycles. The normalized spacial score (nSPS) is 26.2. The molecule has 1 saturated heterocycles. The van der Waals surface area contributed by atoms with E-state index in [1.165, 1.54) is 0 Å². The average Bonchev–Trinajstić information content (AvgIpc) is 2.46. The lowest BCUT2D eigenvalue weighted by Gasteiger charge is -2.47. The van der Waals surface area contributed by atoms with Gasteiger partial charge in [0.05, 0.1) is 6.42 Å². The summed E-state index contributed by atoms with van der Waals surface area (Å²) in [4.78, 5) is 26.4. The van der Waals surface area contributed by atoms with Crippen molar-refractivity contribution >= 4 is 12.1 Å². The Kier molecular flexibility index (Phi) is 4.30. The van der Waals surface area contributed by atoms with Crippen LogP contribution < -0.4 is 0 Å². The van der Waals surface area contributed by atoms with Crippen LogP contribution in [0.1, 0.15) is 57.2 Å². The van der Waals surface area contributed by atoms with Gasteiger partial charge in [0.25, 0.3) is 0 Å². The second-order valence-corrected chi connectivity index (χ2v) is 8.28. The summed E-state index contributed by atoms with van der Waals surface area (Å²) in [5.41, 5.74) is 2.14. The zero-order valence-electron chi connectivity index (χ0n) is 15.7. The molecule has 1 aromatic carbocycles. The van der Waals surface area contributed by atoms with Crippen molar-refractivity contribution < 1.29 is 19.1 Å². The molecule has 0 N–H and O–H groups in total. The molecule has 3 rings (SSSR count). The molecule has 5 nitrogen and oxygen atoms in total. The van der Waals surface area contributed by atoms with E-state index >= 15 is 0 Å². The van der Waals surface area contributed by atoms with Crippen LogP contribution in [0.25, 0.3) is 0 Å². The number of nitrogens with zero attached hydrogens (tertiary/aromatic N) is 1. The summed E-state index contributed by atoms with van der Waals surface area (Å²) < 4.78 is 11.4. The van der Waals surface area contributed by atoms with Crippen LogP contribution in [0.4, 0.5) is 4.79 Å². The average molecular weight is 345 g/mol. The predicted octanol–water partition coefficient (Wildman–Crippen LogP) is 3.71. The first-order valence-corrected chi connectivity index (χ1v) is 8.91. The third-order valence-corrected chi connectivity index (χ3v) is 4.94. The van der Waals surface area contributed by atoms with Gasteiger partial charge in [-0.1, -0.05) is 23.8 Å². The minimum absolute atomic E-state index is 0.0668. The zero-order chi connectivity index (χ0) is 18.4. The van der Waals surface area contributed by atoms with Crippen LogP contribution in [-0.2, 0) is 26.3 Å². The van der Waals surface area contributed by atoms with Crippen molar-refractivity contribution in [2.75, 3.05) is 6.54 Å². The van der Waals surface area contributed by atoms with E-state index in [0.717, 1.165) is 16.7 Å². The topological polar surface area (TPSA) is 55.8 Å². The fourth-order valence-corrected chi connectivity index (χ4v) is 3.87. The summed E-state index contributed by atoms with van der Waals surface area (Å²) >= 11 is 0. The molecule has 5 heteroatoms. The first kappa shape index (κ1) is 17.8. The zero-order valence-corrected chi connectivity index (χ0v) is 15.7. The molecule has 136 valence electrons. The number of aryl methyl sites for hydroxylation is 1. The van der Waals surface area contributed by atoms with Crippen molar-refractivity contribution in [3.05, 3.63) is 34.9 Å². The van der Waals surface area contributed by atoms with Crippen LogP contribution in [-0.4, -0.2) is 35.2 Å². The largest absolute Gasteiger partial charge is 0.454 e. The molecular formula is C20H27NO4. The molecule has 0 aliphatic carbocycles. The number of piperidine rings is 1. The monoisotopic (exact) mass is 345 g/mol. The number of rotatable bonds is 0. The molecule has 0 bridgehead atoms. The summed E-state index contributed by atoms with van der Waals surface area (Å²) in [5, 5.41) is 0. The molecule has 2 aliphatic heterocycles. The fourth-order valence-electron chi connectivity index (χ4n) is 3.87. The van der Waals surface area contributed by atoms with E-state index in [0.29, 0.717) is 25.8 Å². The number of esters is 1. The molecule has 1 amide bonds. The van der Waals surface area contributed by atoms with E-state index in [9.17, 15) is 9.59 Å². The molecular weight excluding hydrogens is 318 g/mol. The van der Waals surface area contributed by atoms with E-state index in [-0.39, 0.29) is 18.1 Å². The highest BCUT2D eigenvalue weighted by Gasteiger charge is 2.48.